The van der Waals surface area contributed by atoms with Gasteiger partial charge in [-0.1, -0.05) is 6.07 Å². The van der Waals surface area contributed by atoms with Crippen molar-refractivity contribution < 1.29 is 9.84 Å². The number of fused-ring (bicyclic) bond motifs is 1. The summed E-state index contributed by atoms with van der Waals surface area (Å²) in [5, 5.41) is 10.2. The van der Waals surface area contributed by atoms with E-state index < -0.39 is 0 Å². The first kappa shape index (κ1) is 16.4. The average Bonchev–Trinajstić information content (AvgIpc) is 3.22. The van der Waals surface area contributed by atoms with Crippen LogP contribution < -0.4 is 4.90 Å². The second kappa shape index (κ2) is 7.03. The molecule has 1 N–H and O–H groups in total. The van der Waals surface area contributed by atoms with E-state index in [9.17, 15) is 5.11 Å². The number of aliphatic hydroxyl groups is 1. The number of rotatable bonds is 4. The van der Waals surface area contributed by atoms with Gasteiger partial charge in [-0.2, -0.15) is 0 Å². The van der Waals surface area contributed by atoms with E-state index in [2.05, 4.69) is 28.0 Å². The van der Waals surface area contributed by atoms with Crippen molar-refractivity contribution in [2.45, 2.75) is 57.3 Å². The van der Waals surface area contributed by atoms with Crippen LogP contribution in [0.4, 0.5) is 5.69 Å². The number of nitrogens with zero attached hydrogens (tertiary/aromatic N) is 2. The van der Waals surface area contributed by atoms with Gasteiger partial charge in [0.1, 0.15) is 0 Å². The molecule has 3 aliphatic rings. The van der Waals surface area contributed by atoms with Crippen molar-refractivity contribution in [1.29, 1.82) is 0 Å². The van der Waals surface area contributed by atoms with Gasteiger partial charge in [-0.25, -0.2) is 0 Å². The molecule has 1 aliphatic carbocycles. The zero-order chi connectivity index (χ0) is 16.5. The number of anilines is 1. The molecule has 4 nitrogen and oxygen atoms in total. The molecule has 4 heteroatoms. The largest absolute Gasteiger partial charge is 0.389 e. The first-order valence-electron chi connectivity index (χ1n) is 9.65. The topological polar surface area (TPSA) is 35.9 Å². The van der Waals surface area contributed by atoms with Gasteiger partial charge in [-0.05, 0) is 62.3 Å². The van der Waals surface area contributed by atoms with Crippen LogP contribution in [0.25, 0.3) is 0 Å². The number of likely N-dealkylation sites (tertiary alicyclic amines) is 1. The summed E-state index contributed by atoms with van der Waals surface area (Å²) in [6.07, 6.45) is 5.88. The number of benzene rings is 1. The van der Waals surface area contributed by atoms with Crippen LogP contribution in [0.15, 0.2) is 18.2 Å². The van der Waals surface area contributed by atoms with Gasteiger partial charge in [0.2, 0.25) is 0 Å². The van der Waals surface area contributed by atoms with Crippen molar-refractivity contribution >= 4 is 5.69 Å². The molecule has 132 valence electrons. The second-order valence-electron chi connectivity index (χ2n) is 7.54. The highest BCUT2D eigenvalue weighted by Gasteiger charge is 2.36. The fraction of sp³-hybridized carbons (Fsp3) is 0.700. The van der Waals surface area contributed by atoms with Crippen LogP contribution in [-0.4, -0.2) is 61.0 Å². The summed E-state index contributed by atoms with van der Waals surface area (Å²) in [6, 6.07) is 7.67. The molecule has 0 aromatic heterocycles. The molecule has 1 aromatic carbocycles. The fourth-order valence-corrected chi connectivity index (χ4v) is 4.71. The molecular formula is C20H30N2O2. The lowest BCUT2D eigenvalue weighted by Crippen LogP contribution is -2.44. The molecule has 4 rings (SSSR count). The summed E-state index contributed by atoms with van der Waals surface area (Å²) in [4.78, 5) is 4.99. The average molecular weight is 330 g/mol. The van der Waals surface area contributed by atoms with Crippen molar-refractivity contribution in [3.05, 3.63) is 29.3 Å². The zero-order valence-corrected chi connectivity index (χ0v) is 14.8. The number of aliphatic hydroxyl groups excluding tert-OH is 1. The molecular weight excluding hydrogens is 300 g/mol. The molecule has 0 amide bonds. The first-order chi connectivity index (χ1) is 11.7. The van der Waals surface area contributed by atoms with Crippen LogP contribution >= 0.6 is 0 Å². The van der Waals surface area contributed by atoms with Crippen molar-refractivity contribution in [2.24, 2.45) is 0 Å². The normalized spacial score (nSPS) is 28.5. The summed E-state index contributed by atoms with van der Waals surface area (Å²) in [6.45, 7) is 6.59. The molecule has 2 saturated heterocycles. The van der Waals surface area contributed by atoms with E-state index in [0.717, 1.165) is 26.2 Å². The third-order valence-corrected chi connectivity index (χ3v) is 6.07. The van der Waals surface area contributed by atoms with E-state index >= 15 is 0 Å². The van der Waals surface area contributed by atoms with Crippen molar-refractivity contribution in [2.75, 3.05) is 37.7 Å². The lowest BCUT2D eigenvalue weighted by molar-refractivity contribution is -0.00267. The van der Waals surface area contributed by atoms with Gasteiger partial charge in [0.05, 0.1) is 12.2 Å². The molecule has 0 saturated carbocycles. The minimum absolute atomic E-state index is 0.00439. The minimum atomic E-state index is -0.320. The molecule has 2 fully saturated rings. The molecule has 0 bridgehead atoms. The minimum Gasteiger partial charge on any atom is -0.389 e. The third-order valence-electron chi connectivity index (χ3n) is 6.07. The number of hydrogen-bond acceptors (Lipinski definition) is 4. The molecule has 24 heavy (non-hydrogen) atoms. The quantitative estimate of drug-likeness (QED) is 0.918. The summed E-state index contributed by atoms with van der Waals surface area (Å²) in [5.74, 6) is 0. The Morgan fingerprint density at radius 3 is 2.71 bits per heavy atom. The van der Waals surface area contributed by atoms with Crippen LogP contribution in [0.3, 0.4) is 0 Å². The maximum Gasteiger partial charge on any atom is 0.0972 e. The number of β-amino-alcohol motifs (C(OH)–C–C–N with tert-alkyl or cyclic N) is 1. The van der Waals surface area contributed by atoms with Gasteiger partial charge < -0.3 is 14.7 Å². The van der Waals surface area contributed by atoms with Crippen molar-refractivity contribution in [3.63, 3.8) is 0 Å². The second-order valence-corrected chi connectivity index (χ2v) is 7.54. The monoisotopic (exact) mass is 330 g/mol. The van der Waals surface area contributed by atoms with Crippen LogP contribution in [-0.2, 0) is 17.6 Å². The number of ether oxygens (including phenoxy) is 1. The predicted octanol–water partition coefficient (Wildman–Crippen LogP) is 2.23. The summed E-state index contributed by atoms with van der Waals surface area (Å²) in [5.41, 5.74) is 4.53. The molecule has 0 spiro atoms. The Kier molecular flexibility index (Phi) is 4.79. The Bertz CT molecular complexity index is 569. The summed E-state index contributed by atoms with van der Waals surface area (Å²) >= 11 is 0. The lowest BCUT2D eigenvalue weighted by atomic mass is 10.0. The van der Waals surface area contributed by atoms with Gasteiger partial charge >= 0.3 is 0 Å². The van der Waals surface area contributed by atoms with Gasteiger partial charge in [-0.3, -0.25) is 4.90 Å². The summed E-state index contributed by atoms with van der Waals surface area (Å²) < 4.78 is 5.67. The number of hydrogen-bond donors (Lipinski definition) is 1. The van der Waals surface area contributed by atoms with Gasteiger partial charge in [0.15, 0.2) is 0 Å². The van der Waals surface area contributed by atoms with Gasteiger partial charge in [0.25, 0.3) is 0 Å². The standard InChI is InChI=1S/C20H30N2O2/c1-2-24-20-14-22(13-19(20)23)17-8-10-21(11-9-17)18-7-6-15-4-3-5-16(15)12-18/h6-7,12,17,19-20,23H,2-5,8-11,13-14H2,1H3/t19-,20-/m0/s1. The van der Waals surface area contributed by atoms with Crippen molar-refractivity contribution in [3.8, 4) is 0 Å². The van der Waals surface area contributed by atoms with E-state index in [1.54, 1.807) is 11.1 Å². The highest BCUT2D eigenvalue weighted by Crippen LogP contribution is 2.30. The Balaban J connectivity index is 1.34. The van der Waals surface area contributed by atoms with E-state index in [0.29, 0.717) is 12.6 Å². The zero-order valence-electron chi connectivity index (χ0n) is 14.8. The lowest BCUT2D eigenvalue weighted by Gasteiger charge is -2.38. The Morgan fingerprint density at radius 1 is 1.12 bits per heavy atom. The number of aryl methyl sites for hydroxylation is 2. The Hall–Kier alpha value is -1.10. The SMILES string of the molecule is CCO[C@H]1CN(C2CCN(c3ccc4c(c3)CCC4)CC2)C[C@@H]1O. The predicted molar refractivity (Wildman–Crippen MR) is 96.7 cm³/mol. The Labute approximate surface area is 145 Å². The Morgan fingerprint density at radius 2 is 1.92 bits per heavy atom. The molecule has 2 aliphatic heterocycles. The highest BCUT2D eigenvalue weighted by atomic mass is 16.5. The molecule has 2 atom stereocenters. The van der Waals surface area contributed by atoms with Crippen LogP contribution in [0, 0.1) is 0 Å². The molecule has 0 unspecified atom stereocenters. The highest BCUT2D eigenvalue weighted by molar-refractivity contribution is 5.52. The maximum absolute atomic E-state index is 10.2. The molecule has 1 aromatic rings. The van der Waals surface area contributed by atoms with E-state index in [-0.39, 0.29) is 12.2 Å². The van der Waals surface area contributed by atoms with Crippen LogP contribution in [0.2, 0.25) is 0 Å². The molecule has 0 radical (unpaired) electrons. The van der Waals surface area contributed by atoms with E-state index in [1.165, 1.54) is 37.8 Å². The first-order valence-corrected chi connectivity index (χ1v) is 9.65. The maximum atomic E-state index is 10.2. The van der Waals surface area contributed by atoms with E-state index in [4.69, 9.17) is 4.74 Å². The van der Waals surface area contributed by atoms with Gasteiger partial charge in [0, 0.05) is 44.5 Å². The smallest absolute Gasteiger partial charge is 0.0972 e. The van der Waals surface area contributed by atoms with Crippen molar-refractivity contribution in [1.82, 2.24) is 4.90 Å². The van der Waals surface area contributed by atoms with Crippen LogP contribution in [0.1, 0.15) is 37.3 Å². The van der Waals surface area contributed by atoms with Gasteiger partial charge in [-0.15, -0.1) is 0 Å². The third kappa shape index (κ3) is 3.19. The number of piperidine rings is 1. The fourth-order valence-electron chi connectivity index (χ4n) is 4.71. The van der Waals surface area contributed by atoms with E-state index in [1.807, 2.05) is 6.92 Å². The molecule has 2 heterocycles. The van der Waals surface area contributed by atoms with Crippen LogP contribution in [0.5, 0.6) is 0 Å². The summed E-state index contributed by atoms with van der Waals surface area (Å²) in [7, 11) is 0.